The quantitative estimate of drug-likeness (QED) is 0.856. The van der Waals surface area contributed by atoms with E-state index in [0.29, 0.717) is 10.9 Å². The number of sulfone groups is 1. The van der Waals surface area contributed by atoms with Crippen LogP contribution in [0.3, 0.4) is 0 Å². The van der Waals surface area contributed by atoms with E-state index >= 15 is 0 Å². The Hall–Kier alpha value is -0.880. The predicted octanol–water partition coefficient (Wildman–Crippen LogP) is 1.77. The average molecular weight is 285 g/mol. The monoisotopic (exact) mass is 285 g/mol. The highest BCUT2D eigenvalue weighted by Crippen LogP contribution is 2.27. The van der Waals surface area contributed by atoms with Crippen LogP contribution in [0.1, 0.15) is 45.1 Å². The van der Waals surface area contributed by atoms with Gasteiger partial charge in [0.05, 0.1) is 12.2 Å². The highest BCUT2D eigenvalue weighted by Gasteiger charge is 2.25. The molecule has 2 unspecified atom stereocenters. The van der Waals surface area contributed by atoms with Crippen molar-refractivity contribution < 1.29 is 8.42 Å². The molecule has 6 heteroatoms. The molecule has 1 fully saturated rings. The molecule has 0 spiro atoms. The van der Waals surface area contributed by atoms with Crippen LogP contribution >= 0.6 is 0 Å². The number of hydrogen-bond donors (Lipinski definition) is 1. The maximum atomic E-state index is 11.5. The first kappa shape index (κ1) is 14.5. The van der Waals surface area contributed by atoms with Gasteiger partial charge in [-0.25, -0.2) is 8.42 Å². The summed E-state index contributed by atoms with van der Waals surface area (Å²) in [6, 6.07) is 0.651. The number of rotatable bonds is 4. The first-order valence-electron chi connectivity index (χ1n) is 7.00. The van der Waals surface area contributed by atoms with Crippen LogP contribution in [-0.2, 0) is 9.84 Å². The summed E-state index contributed by atoms with van der Waals surface area (Å²) >= 11 is 0. The Morgan fingerprint density at radius 1 is 1.37 bits per heavy atom. The molecule has 19 heavy (non-hydrogen) atoms. The highest BCUT2D eigenvalue weighted by atomic mass is 32.2. The van der Waals surface area contributed by atoms with E-state index in [9.17, 15) is 8.42 Å². The van der Waals surface area contributed by atoms with Crippen molar-refractivity contribution in [2.75, 3.05) is 12.8 Å². The third-order valence-corrected chi connectivity index (χ3v) is 4.86. The fourth-order valence-electron chi connectivity index (χ4n) is 2.80. The second-order valence-electron chi connectivity index (χ2n) is 5.30. The zero-order chi connectivity index (χ0) is 13.9. The van der Waals surface area contributed by atoms with Crippen LogP contribution in [0.2, 0.25) is 0 Å². The number of hydrogen-bond acceptors (Lipinski definition) is 4. The van der Waals surface area contributed by atoms with Crippen molar-refractivity contribution in [3.8, 4) is 0 Å². The second-order valence-corrected chi connectivity index (χ2v) is 7.31. The minimum Gasteiger partial charge on any atom is -0.312 e. The lowest BCUT2D eigenvalue weighted by Gasteiger charge is -2.26. The summed E-state index contributed by atoms with van der Waals surface area (Å²) in [5.41, 5.74) is 0. The molecule has 1 aromatic heterocycles. The molecule has 0 radical (unpaired) electrons. The summed E-state index contributed by atoms with van der Waals surface area (Å²) in [5.74, 6) is 0. The molecule has 0 bridgehead atoms. The van der Waals surface area contributed by atoms with Crippen LogP contribution in [0, 0.1) is 0 Å². The Balaban J connectivity index is 2.23. The van der Waals surface area contributed by atoms with Crippen molar-refractivity contribution in [1.82, 2.24) is 15.1 Å². The summed E-state index contributed by atoms with van der Waals surface area (Å²) in [5, 5.41) is 7.79. The number of nitrogens with one attached hydrogen (secondary N) is 1. The molecule has 1 saturated carbocycles. The van der Waals surface area contributed by atoms with Crippen molar-refractivity contribution in [3.05, 3.63) is 12.4 Å². The molecule has 108 valence electrons. The molecule has 0 amide bonds. The molecule has 1 heterocycles. The molecule has 2 atom stereocenters. The van der Waals surface area contributed by atoms with Gasteiger partial charge in [0.1, 0.15) is 4.90 Å². The second kappa shape index (κ2) is 6.05. The molecule has 5 nitrogen and oxygen atoms in total. The van der Waals surface area contributed by atoms with E-state index in [0.717, 1.165) is 19.4 Å². The largest absolute Gasteiger partial charge is 0.312 e. The molecule has 0 saturated heterocycles. The predicted molar refractivity (Wildman–Crippen MR) is 74.9 cm³/mol. The van der Waals surface area contributed by atoms with Crippen LogP contribution in [-0.4, -0.2) is 37.0 Å². The summed E-state index contributed by atoms with van der Waals surface area (Å²) in [6.45, 7) is 3.04. The van der Waals surface area contributed by atoms with E-state index in [1.807, 2.05) is 4.68 Å². The first-order chi connectivity index (χ1) is 9.02. The fourth-order valence-corrected chi connectivity index (χ4v) is 3.34. The van der Waals surface area contributed by atoms with Gasteiger partial charge in [-0.3, -0.25) is 4.68 Å². The first-order valence-corrected chi connectivity index (χ1v) is 8.89. The highest BCUT2D eigenvalue weighted by molar-refractivity contribution is 7.90. The molecule has 0 aromatic carbocycles. The summed E-state index contributed by atoms with van der Waals surface area (Å²) in [4.78, 5) is 0.312. The maximum absolute atomic E-state index is 11.5. The smallest absolute Gasteiger partial charge is 0.178 e. The van der Waals surface area contributed by atoms with Crippen molar-refractivity contribution in [2.24, 2.45) is 0 Å². The van der Waals surface area contributed by atoms with E-state index in [-0.39, 0.29) is 6.04 Å². The van der Waals surface area contributed by atoms with Gasteiger partial charge in [0.15, 0.2) is 9.84 Å². The molecule has 0 aliphatic heterocycles. The van der Waals surface area contributed by atoms with Crippen molar-refractivity contribution in [3.63, 3.8) is 0 Å². The lowest BCUT2D eigenvalue weighted by atomic mass is 10.0. The summed E-state index contributed by atoms with van der Waals surface area (Å²) in [6.07, 6.45) is 10.2. The van der Waals surface area contributed by atoms with Gasteiger partial charge in [-0.15, -0.1) is 0 Å². The molecule has 2 rings (SSSR count). The molecular formula is C13H23N3O2S. The van der Waals surface area contributed by atoms with Gasteiger partial charge in [-0.1, -0.05) is 26.2 Å². The van der Waals surface area contributed by atoms with E-state index in [1.165, 1.54) is 31.7 Å². The van der Waals surface area contributed by atoms with Crippen LogP contribution in [0.15, 0.2) is 17.3 Å². The summed E-state index contributed by atoms with van der Waals surface area (Å²) in [7, 11) is -3.16. The molecule has 1 aliphatic carbocycles. The van der Waals surface area contributed by atoms with Gasteiger partial charge in [0.2, 0.25) is 0 Å². The zero-order valence-corrected chi connectivity index (χ0v) is 12.5. The topological polar surface area (TPSA) is 64.0 Å². The van der Waals surface area contributed by atoms with Crippen molar-refractivity contribution in [1.29, 1.82) is 0 Å². The molecule has 1 aromatic rings. The van der Waals surface area contributed by atoms with Gasteiger partial charge in [0.25, 0.3) is 0 Å². The molecule has 1 aliphatic rings. The normalized spacial score (nSPS) is 25.2. The number of aromatic nitrogens is 2. The maximum Gasteiger partial charge on any atom is 0.178 e. The SMILES string of the molecule is CCNC1CCCCCC1n1cc(S(C)(=O)=O)cn1. The Labute approximate surface area is 115 Å². The van der Waals surface area contributed by atoms with Gasteiger partial charge in [-0.2, -0.15) is 5.10 Å². The molecular weight excluding hydrogens is 262 g/mol. The van der Waals surface area contributed by atoms with Crippen LogP contribution in [0.5, 0.6) is 0 Å². The minimum absolute atomic E-state index is 0.262. The van der Waals surface area contributed by atoms with E-state index in [4.69, 9.17) is 0 Å². The Kier molecular flexibility index (Phi) is 4.62. The fraction of sp³-hybridized carbons (Fsp3) is 0.769. The molecule has 1 N–H and O–H groups in total. The Morgan fingerprint density at radius 2 is 2.11 bits per heavy atom. The van der Waals surface area contributed by atoms with E-state index < -0.39 is 9.84 Å². The van der Waals surface area contributed by atoms with Crippen LogP contribution in [0.25, 0.3) is 0 Å². The van der Waals surface area contributed by atoms with Crippen molar-refractivity contribution >= 4 is 9.84 Å². The third kappa shape index (κ3) is 3.57. The Morgan fingerprint density at radius 3 is 2.74 bits per heavy atom. The van der Waals surface area contributed by atoms with Gasteiger partial charge >= 0.3 is 0 Å². The van der Waals surface area contributed by atoms with Crippen molar-refractivity contribution in [2.45, 2.75) is 56.0 Å². The Bertz CT molecular complexity index is 510. The number of nitrogens with zero attached hydrogens (tertiary/aromatic N) is 2. The average Bonchev–Trinajstić information content (AvgIpc) is 2.72. The van der Waals surface area contributed by atoms with E-state index in [2.05, 4.69) is 17.3 Å². The number of likely N-dealkylation sites (N-methyl/N-ethyl adjacent to an activating group) is 1. The third-order valence-electron chi connectivity index (χ3n) is 3.79. The van der Waals surface area contributed by atoms with Gasteiger partial charge < -0.3 is 5.32 Å². The summed E-state index contributed by atoms with van der Waals surface area (Å²) < 4.78 is 24.9. The van der Waals surface area contributed by atoms with Gasteiger partial charge in [-0.05, 0) is 19.4 Å². The van der Waals surface area contributed by atoms with E-state index in [1.54, 1.807) is 6.20 Å². The van der Waals surface area contributed by atoms with Gasteiger partial charge in [0, 0.05) is 18.5 Å². The lowest BCUT2D eigenvalue weighted by molar-refractivity contribution is 0.313. The van der Waals surface area contributed by atoms with Crippen LogP contribution < -0.4 is 5.32 Å². The van der Waals surface area contributed by atoms with Crippen LogP contribution in [0.4, 0.5) is 0 Å². The minimum atomic E-state index is -3.16. The zero-order valence-electron chi connectivity index (χ0n) is 11.7. The standard InChI is InChI=1S/C13H23N3O2S/c1-3-14-12-7-5-4-6-8-13(12)16-10-11(9-15-16)19(2,17)18/h9-10,12-14H,3-8H2,1-2H3. The lowest BCUT2D eigenvalue weighted by Crippen LogP contribution is -2.37.